The standard InChI is InChI=1S/C24H32N4O6.C19H33N3O6.C14H25N3O4.C13H22N2O5.C10H9NO3.C8H14N2O3.C7H14O2/c1-13(2)10-17(22(30)28-19(24(32)34-4)11-14-8-9-25-21(14)29)27-23(31)18-12-15-16(26-18)6-5-7-20(15)33-3;1-11(2)9-13(22-18(26)28-19(3,4)5)16(24)21-14(17(25)27-6)10-12-7-8-20-15(12)23;1-8(2)6-10(15)13(19)17-11(14(20)21-3)7-9-4-5-16-12(9)18;1-13(2,3)20-12(18)15-9(11(17)19-4)7-8-5-6-14-10(8)16;1-14-9-4-2-3-7-6(9)5-8(11-7)10(12)13;1-13-8(12)6(9)4-5-2-3-10-7(5)11;1-5(2)4-6(3)7(8)9/h5-7,12-14,17,19,26H,8-11H2,1-4H3,(H,25,29)(H,27,31)(H,28,30);11-14H,7-10H2,1-6H3,(H,20,23)(H,21,24)(H,22,26);8-11H,4-7,15H2,1-3H3,(H,16,18)(H,17,19);8-9H,5-7H2,1-4H3,(H,14,16)(H,15,18);2-5,11H,1H3,(H,12,13);5-6H,2-4,9H2,1H3,(H,10,11);5-6H,4H2,1-3H3,(H,8,9)/t14-,17-,19-;12-,13-,14-;9-,10-,11-;8-,9-;;5-,6-;6-/m0000.00/s1. The number of H-pyrrole nitrogens is 2. The highest BCUT2D eigenvalue weighted by molar-refractivity contribution is 6.02. The minimum atomic E-state index is -0.991. The molecule has 139 heavy (non-hydrogen) atoms. The maximum Gasteiger partial charge on any atom is 0.408 e. The number of aromatic carboxylic acids is 1. The van der Waals surface area contributed by atoms with Gasteiger partial charge in [-0.1, -0.05) is 74.4 Å². The van der Waals surface area contributed by atoms with Gasteiger partial charge in [0.1, 0.15) is 76.4 Å². The van der Waals surface area contributed by atoms with Crippen LogP contribution in [0.1, 0.15) is 215 Å². The summed E-state index contributed by atoms with van der Waals surface area (Å²) < 4.78 is 44.2. The number of ether oxygens (including phenoxy) is 9. The number of carboxylic acids is 2. The van der Waals surface area contributed by atoms with E-state index < -0.39 is 137 Å². The summed E-state index contributed by atoms with van der Waals surface area (Å²) in [4.78, 5) is 218. The number of nitrogens with one attached hydrogen (secondary N) is 13. The number of aromatic amines is 2. The van der Waals surface area contributed by atoms with Gasteiger partial charge in [0.2, 0.25) is 47.3 Å². The number of carbonyl (C=O) groups is 18. The lowest BCUT2D eigenvalue weighted by atomic mass is 9.97. The van der Waals surface area contributed by atoms with Gasteiger partial charge in [-0.3, -0.25) is 52.7 Å². The smallest absolute Gasteiger partial charge is 0.408 e. The van der Waals surface area contributed by atoms with Crippen molar-refractivity contribution in [1.82, 2.24) is 68.5 Å². The van der Waals surface area contributed by atoms with E-state index in [4.69, 9.17) is 54.8 Å². The average Bonchev–Trinajstić information content (AvgIpc) is 1.66. The second-order valence-corrected chi connectivity index (χ2v) is 37.8. The van der Waals surface area contributed by atoms with Gasteiger partial charge in [0.15, 0.2) is 0 Å². The molecule has 7 heterocycles. The normalized spacial score (nSPS) is 18.2. The maximum absolute atomic E-state index is 13.1. The molecular formula is C95H149N15O29. The van der Waals surface area contributed by atoms with Gasteiger partial charge in [-0.15, -0.1) is 0 Å². The second kappa shape index (κ2) is 59.4. The van der Waals surface area contributed by atoms with Crippen LogP contribution in [0.4, 0.5) is 9.59 Å². The highest BCUT2D eigenvalue weighted by atomic mass is 16.6. The molecule has 2 aromatic carbocycles. The lowest BCUT2D eigenvalue weighted by Gasteiger charge is -2.26. The molecule has 44 heteroatoms. The quantitative estimate of drug-likeness (QED) is 0.0199. The van der Waals surface area contributed by atoms with Crippen LogP contribution in [0.2, 0.25) is 0 Å². The molecule has 9 rings (SSSR count). The first-order valence-corrected chi connectivity index (χ1v) is 46.4. The van der Waals surface area contributed by atoms with Gasteiger partial charge in [0, 0.05) is 84.1 Å². The first-order valence-electron chi connectivity index (χ1n) is 46.4. The molecule has 19 N–H and O–H groups in total. The summed E-state index contributed by atoms with van der Waals surface area (Å²) in [5.41, 5.74) is 11.9. The third kappa shape index (κ3) is 43.4. The van der Waals surface area contributed by atoms with E-state index in [2.05, 4.69) is 77.9 Å². The van der Waals surface area contributed by atoms with Gasteiger partial charge in [-0.05, 0) is 192 Å². The number of benzene rings is 2. The molecule has 5 saturated heterocycles. The Kier molecular flexibility index (Phi) is 51.4. The van der Waals surface area contributed by atoms with Crippen molar-refractivity contribution in [2.75, 3.05) is 82.5 Å². The number of nitrogens with two attached hydrogens (primary N) is 2. The zero-order valence-corrected chi connectivity index (χ0v) is 84.0. The summed E-state index contributed by atoms with van der Waals surface area (Å²) in [7, 11) is 9.34. The van der Waals surface area contributed by atoms with Crippen LogP contribution in [0.5, 0.6) is 11.5 Å². The molecule has 2 aromatic heterocycles. The summed E-state index contributed by atoms with van der Waals surface area (Å²) in [5, 5.41) is 48.0. The molecular weight excluding hydrogens is 1820 g/mol. The van der Waals surface area contributed by atoms with Crippen LogP contribution >= 0.6 is 0 Å². The predicted molar refractivity (Wildman–Crippen MR) is 509 cm³/mol. The van der Waals surface area contributed by atoms with Crippen LogP contribution in [0, 0.1) is 59.2 Å². The fourth-order valence-electron chi connectivity index (χ4n) is 15.1. The Morgan fingerprint density at radius 1 is 0.374 bits per heavy atom. The van der Waals surface area contributed by atoms with Crippen molar-refractivity contribution in [3.63, 3.8) is 0 Å². The van der Waals surface area contributed by atoms with E-state index in [9.17, 15) is 86.3 Å². The van der Waals surface area contributed by atoms with Gasteiger partial charge in [0.25, 0.3) is 5.91 Å². The van der Waals surface area contributed by atoms with Crippen LogP contribution in [0.25, 0.3) is 21.8 Å². The van der Waals surface area contributed by atoms with Gasteiger partial charge in [-0.2, -0.15) is 0 Å². The third-order valence-electron chi connectivity index (χ3n) is 22.0. The Morgan fingerprint density at radius 3 is 0.950 bits per heavy atom. The molecule has 0 radical (unpaired) electrons. The van der Waals surface area contributed by atoms with Gasteiger partial charge in [0.05, 0.1) is 61.7 Å². The monoisotopic (exact) mass is 1960 g/mol. The number of aliphatic carboxylic acids is 1. The summed E-state index contributed by atoms with van der Waals surface area (Å²) in [5.74, 6) is -6.29. The number of carbonyl (C=O) groups excluding carboxylic acids is 16. The van der Waals surface area contributed by atoms with Crippen molar-refractivity contribution in [3.8, 4) is 11.5 Å². The number of rotatable bonds is 37. The zero-order valence-electron chi connectivity index (χ0n) is 84.0. The number of aromatic nitrogens is 2. The van der Waals surface area contributed by atoms with Crippen molar-refractivity contribution in [1.29, 1.82) is 0 Å². The molecule has 44 nitrogen and oxygen atoms in total. The highest BCUT2D eigenvalue weighted by Crippen LogP contribution is 2.30. The third-order valence-corrected chi connectivity index (χ3v) is 22.0. The SMILES string of the molecule is CC(C)C[C@H](C)C(=O)O.COC(=O)[C@@H](N)C[C@@H]1CCNC1=O.COC(=O)[C@H](C[C@@H]1CCNC1=O)NC(=O)OC(C)(C)C.COC(=O)[C@H](C[C@@H]1CCNC1=O)NC(=O)[C@@H](N)CC(C)C.COC(=O)[C@H](C[C@@H]1CCNC1=O)NC(=O)[C@H](CC(C)C)NC(=O)OC(C)(C)C.COC(=O)[C@H](C[C@@H]1CCNC1=O)NC(=O)[C@H](CC(C)C)NC(=O)c1cc2c(OC)cccc2[nH]1.COc1cccc2[nH]c(C(=O)O)cc12. The predicted octanol–water partition coefficient (Wildman–Crippen LogP) is 5.38. The fourth-order valence-corrected chi connectivity index (χ4v) is 15.1. The highest BCUT2D eigenvalue weighted by Gasteiger charge is 2.40. The Hall–Kier alpha value is -12.9. The molecule has 4 aromatic rings. The molecule has 0 saturated carbocycles. The Bertz CT molecular complexity index is 4770. The fraction of sp³-hybridized carbons (Fsp3) is 0.642. The van der Waals surface area contributed by atoms with Crippen molar-refractivity contribution < 1.29 is 139 Å². The van der Waals surface area contributed by atoms with E-state index in [1.165, 1.54) is 35.5 Å². The van der Waals surface area contributed by atoms with Gasteiger partial charge in [-0.25, -0.2) is 33.6 Å². The van der Waals surface area contributed by atoms with Crippen LogP contribution < -0.4 is 79.4 Å². The molecule has 0 spiro atoms. The lowest BCUT2D eigenvalue weighted by Crippen LogP contribution is -2.53. The number of alkyl carbamates (subject to hydrolysis) is 2. The number of amides is 11. The van der Waals surface area contributed by atoms with E-state index in [0.29, 0.717) is 102 Å². The number of methoxy groups -OCH3 is 7. The van der Waals surface area contributed by atoms with Crippen molar-refractivity contribution >= 4 is 129 Å². The molecule has 0 unspecified atom stereocenters. The molecule has 5 aliphatic heterocycles. The number of hydrogen-bond acceptors (Lipinski definition) is 29. The maximum atomic E-state index is 13.1. The number of hydrogen-bond donors (Lipinski definition) is 17. The van der Waals surface area contributed by atoms with E-state index >= 15 is 0 Å². The first-order chi connectivity index (χ1) is 65.1. The molecule has 778 valence electrons. The zero-order chi connectivity index (χ0) is 105. The molecule has 5 aliphatic rings. The van der Waals surface area contributed by atoms with E-state index in [0.717, 1.165) is 34.6 Å². The Morgan fingerprint density at radius 2 is 0.669 bits per heavy atom. The van der Waals surface area contributed by atoms with Crippen LogP contribution in [-0.4, -0.2) is 269 Å². The number of fused-ring (bicyclic) bond motifs is 2. The topological polar surface area (TPSA) is 647 Å². The molecule has 11 amide bonds. The largest absolute Gasteiger partial charge is 0.496 e. The summed E-state index contributed by atoms with van der Waals surface area (Å²) in [6.45, 7) is 30.7. The van der Waals surface area contributed by atoms with Gasteiger partial charge >= 0.3 is 54.0 Å². The second-order valence-electron chi connectivity index (χ2n) is 37.8. The van der Waals surface area contributed by atoms with Crippen LogP contribution in [-0.2, 0) is 100 Å². The Balaban J connectivity index is 0.000000432. The Labute approximate surface area is 810 Å². The molecule has 0 aliphatic carbocycles. The van der Waals surface area contributed by atoms with Crippen molar-refractivity contribution in [3.05, 3.63) is 59.9 Å². The first kappa shape index (κ1) is 120. The minimum absolute atomic E-state index is 0.0145. The minimum Gasteiger partial charge on any atom is -0.496 e. The van der Waals surface area contributed by atoms with E-state index in [-0.39, 0.29) is 120 Å². The number of carboxylic acid groups (broad SMARTS) is 2. The van der Waals surface area contributed by atoms with Crippen LogP contribution in [0.3, 0.4) is 0 Å². The van der Waals surface area contributed by atoms with Crippen molar-refractivity contribution in [2.24, 2.45) is 70.6 Å². The van der Waals surface area contributed by atoms with Gasteiger partial charge < -0.3 is 133 Å². The molecule has 14 atom stereocenters. The van der Waals surface area contributed by atoms with E-state index in [1.54, 1.807) is 87.0 Å². The summed E-state index contributed by atoms with van der Waals surface area (Å²) in [6, 6.07) is 7.28. The average molecular weight is 1970 g/mol. The number of esters is 5. The van der Waals surface area contributed by atoms with Crippen LogP contribution in [0.15, 0.2) is 48.5 Å². The van der Waals surface area contributed by atoms with Crippen molar-refractivity contribution in [2.45, 2.75) is 253 Å². The summed E-state index contributed by atoms with van der Waals surface area (Å²) in [6.07, 6.45) is 4.93. The molecule has 0 bridgehead atoms. The lowest BCUT2D eigenvalue weighted by molar-refractivity contribution is -0.146. The van der Waals surface area contributed by atoms with E-state index in [1.807, 2.05) is 79.7 Å². The molecule has 5 fully saturated rings. The summed E-state index contributed by atoms with van der Waals surface area (Å²) >= 11 is 0.